The lowest BCUT2D eigenvalue weighted by Gasteiger charge is -2.40. The van der Waals surface area contributed by atoms with Crippen LogP contribution in [0.5, 0.6) is 0 Å². The van der Waals surface area contributed by atoms with Crippen LogP contribution in [0.2, 0.25) is 0 Å². The minimum Gasteiger partial charge on any atom is -0.362 e. The molecule has 2 N–H and O–H groups in total. The Morgan fingerprint density at radius 2 is 2.15 bits per heavy atom. The van der Waals surface area contributed by atoms with Gasteiger partial charge in [0.2, 0.25) is 5.91 Å². The first-order valence-electron chi connectivity index (χ1n) is 12.1. The van der Waals surface area contributed by atoms with Crippen LogP contribution >= 0.6 is 0 Å². The number of rotatable bonds is 9. The van der Waals surface area contributed by atoms with Gasteiger partial charge in [-0.05, 0) is 68.8 Å². The first-order valence-corrected chi connectivity index (χ1v) is 12.1. The largest absolute Gasteiger partial charge is 0.362 e. The highest BCUT2D eigenvalue weighted by molar-refractivity contribution is 5.87. The van der Waals surface area contributed by atoms with Crippen LogP contribution in [0.15, 0.2) is 47.5 Å². The molecule has 0 unspecified atom stereocenters. The fourth-order valence-corrected chi connectivity index (χ4v) is 4.52. The van der Waals surface area contributed by atoms with E-state index in [1.54, 1.807) is 12.3 Å². The van der Waals surface area contributed by atoms with Crippen LogP contribution < -0.4 is 15.8 Å². The van der Waals surface area contributed by atoms with Crippen molar-refractivity contribution in [3.05, 3.63) is 58.8 Å². The fraction of sp³-hybridized carbons (Fsp3) is 0.500. The molecule has 176 valence electrons. The Kier molecular flexibility index (Phi) is 7.60. The van der Waals surface area contributed by atoms with Crippen molar-refractivity contribution in [1.82, 2.24) is 20.2 Å². The predicted octanol–water partition coefficient (Wildman–Crippen LogP) is 2.98. The molecule has 2 fully saturated rings. The number of aromatic nitrogens is 2. The summed E-state index contributed by atoms with van der Waals surface area (Å²) in [5, 5.41) is 3.03. The number of likely N-dealkylation sites (N-methyl/N-ethyl adjacent to an activating group) is 1. The standard InChI is InChI=1S/C26H35N5O2/c1-3-22-14-20(10-12-28-22)21-15-24(26(33)29-16-21)31(17-19-8-9-19)23-6-5-13-30(18-23)25(32)7-4-11-27-2/h4,7,10,12,14-16,19,23,27H,3,5-6,8-9,11,13,17-18H2,1-2H3,(H,29,33)/b7-4+/t23-/m0/s1. The minimum absolute atomic E-state index is 0.0489. The van der Waals surface area contributed by atoms with Gasteiger partial charge in [0.25, 0.3) is 5.56 Å². The van der Waals surface area contributed by atoms with E-state index in [2.05, 4.69) is 33.2 Å². The molecule has 1 saturated heterocycles. The number of anilines is 1. The van der Waals surface area contributed by atoms with Gasteiger partial charge in [-0.1, -0.05) is 13.0 Å². The van der Waals surface area contributed by atoms with Crippen LogP contribution in [0, 0.1) is 5.92 Å². The summed E-state index contributed by atoms with van der Waals surface area (Å²) in [7, 11) is 1.86. The van der Waals surface area contributed by atoms with Crippen LogP contribution in [-0.2, 0) is 11.2 Å². The molecule has 3 heterocycles. The van der Waals surface area contributed by atoms with Crippen molar-refractivity contribution < 1.29 is 4.79 Å². The van der Waals surface area contributed by atoms with Crippen molar-refractivity contribution in [1.29, 1.82) is 0 Å². The van der Waals surface area contributed by atoms with Crippen LogP contribution in [0.1, 0.15) is 38.3 Å². The SMILES string of the molecule is CCc1cc(-c2c[nH]c(=O)c(N(CC3CC3)[C@H]3CCCN(C(=O)/C=C/CNC)C3)c2)ccn1. The smallest absolute Gasteiger partial charge is 0.271 e. The van der Waals surface area contributed by atoms with E-state index in [4.69, 9.17) is 0 Å². The number of likely N-dealkylation sites (tertiary alicyclic amines) is 1. The molecule has 1 aliphatic heterocycles. The lowest BCUT2D eigenvalue weighted by atomic mass is 10.0. The fourth-order valence-electron chi connectivity index (χ4n) is 4.52. The van der Waals surface area contributed by atoms with Crippen LogP contribution in [0.4, 0.5) is 5.69 Å². The van der Waals surface area contributed by atoms with Crippen molar-refractivity contribution in [3.63, 3.8) is 0 Å². The lowest BCUT2D eigenvalue weighted by Crippen LogP contribution is -2.51. The number of amides is 1. The highest BCUT2D eigenvalue weighted by atomic mass is 16.2. The average Bonchev–Trinajstić information content (AvgIpc) is 3.67. The Balaban J connectivity index is 1.60. The normalized spacial score (nSPS) is 18.6. The topological polar surface area (TPSA) is 81.3 Å². The van der Waals surface area contributed by atoms with Gasteiger partial charge in [-0.15, -0.1) is 0 Å². The number of hydrogen-bond donors (Lipinski definition) is 2. The summed E-state index contributed by atoms with van der Waals surface area (Å²) in [6.45, 7) is 5.04. The number of carbonyl (C=O) groups excluding carboxylic acids is 1. The molecule has 0 radical (unpaired) electrons. The lowest BCUT2D eigenvalue weighted by molar-refractivity contribution is -0.127. The summed E-state index contributed by atoms with van der Waals surface area (Å²) in [4.78, 5) is 37.3. The van der Waals surface area contributed by atoms with Gasteiger partial charge < -0.3 is 20.1 Å². The van der Waals surface area contributed by atoms with Crippen molar-refractivity contribution in [2.45, 2.75) is 45.1 Å². The van der Waals surface area contributed by atoms with E-state index in [1.807, 2.05) is 36.4 Å². The zero-order chi connectivity index (χ0) is 23.2. The number of aryl methyl sites for hydroxylation is 1. The van der Waals surface area contributed by atoms with Crippen molar-refractivity contribution in [3.8, 4) is 11.1 Å². The van der Waals surface area contributed by atoms with E-state index in [9.17, 15) is 9.59 Å². The minimum atomic E-state index is -0.0680. The molecule has 33 heavy (non-hydrogen) atoms. The molecule has 1 saturated carbocycles. The Morgan fingerprint density at radius 1 is 1.30 bits per heavy atom. The quantitative estimate of drug-likeness (QED) is 0.575. The van der Waals surface area contributed by atoms with Crippen LogP contribution in [0.25, 0.3) is 11.1 Å². The molecule has 1 aliphatic carbocycles. The third kappa shape index (κ3) is 5.90. The average molecular weight is 450 g/mol. The molecule has 4 rings (SSSR count). The van der Waals surface area contributed by atoms with Gasteiger partial charge in [-0.25, -0.2) is 0 Å². The molecule has 1 atom stereocenters. The Labute approximate surface area is 195 Å². The maximum Gasteiger partial charge on any atom is 0.271 e. The van der Waals surface area contributed by atoms with Gasteiger partial charge in [0.15, 0.2) is 0 Å². The highest BCUT2D eigenvalue weighted by Gasteiger charge is 2.33. The molecule has 0 spiro atoms. The molecule has 7 heteroatoms. The van der Waals surface area contributed by atoms with Gasteiger partial charge in [0.05, 0.1) is 0 Å². The van der Waals surface area contributed by atoms with Crippen LogP contribution in [0.3, 0.4) is 0 Å². The second-order valence-electron chi connectivity index (χ2n) is 9.13. The van der Waals surface area contributed by atoms with Crippen molar-refractivity contribution in [2.24, 2.45) is 5.92 Å². The van der Waals surface area contributed by atoms with Crippen LogP contribution in [-0.4, -0.2) is 60.0 Å². The number of carbonyl (C=O) groups is 1. The monoisotopic (exact) mass is 449 g/mol. The highest BCUT2D eigenvalue weighted by Crippen LogP contribution is 2.34. The van der Waals surface area contributed by atoms with E-state index in [-0.39, 0.29) is 17.5 Å². The van der Waals surface area contributed by atoms with E-state index < -0.39 is 0 Å². The van der Waals surface area contributed by atoms with E-state index in [0.717, 1.165) is 49.2 Å². The predicted molar refractivity (Wildman–Crippen MR) is 132 cm³/mol. The summed E-state index contributed by atoms with van der Waals surface area (Å²) in [6.07, 6.45) is 12.3. The Morgan fingerprint density at radius 3 is 2.91 bits per heavy atom. The van der Waals surface area contributed by atoms with E-state index >= 15 is 0 Å². The Hall–Kier alpha value is -2.93. The molecule has 1 amide bonds. The molecule has 7 nitrogen and oxygen atoms in total. The molecule has 0 aromatic carbocycles. The summed E-state index contributed by atoms with van der Waals surface area (Å²) < 4.78 is 0. The second-order valence-corrected chi connectivity index (χ2v) is 9.13. The van der Waals surface area contributed by atoms with Crippen molar-refractivity contribution in [2.75, 3.05) is 38.1 Å². The number of piperidine rings is 1. The molecular formula is C26H35N5O2. The van der Waals surface area contributed by atoms with Crippen molar-refractivity contribution >= 4 is 11.6 Å². The van der Waals surface area contributed by atoms with Gasteiger partial charge in [-0.3, -0.25) is 14.6 Å². The summed E-state index contributed by atoms with van der Waals surface area (Å²) in [6, 6.07) is 6.23. The molecule has 2 aliphatic rings. The van der Waals surface area contributed by atoms with Gasteiger partial charge in [0.1, 0.15) is 5.69 Å². The number of nitrogens with one attached hydrogen (secondary N) is 2. The zero-order valence-electron chi connectivity index (χ0n) is 19.7. The number of H-pyrrole nitrogens is 1. The number of pyridine rings is 2. The maximum atomic E-state index is 13.0. The molecular weight excluding hydrogens is 414 g/mol. The number of nitrogens with zero attached hydrogens (tertiary/aromatic N) is 3. The maximum absolute atomic E-state index is 13.0. The second kappa shape index (κ2) is 10.8. The third-order valence-corrected chi connectivity index (χ3v) is 6.59. The zero-order valence-corrected chi connectivity index (χ0v) is 19.7. The number of aromatic amines is 1. The number of hydrogen-bond acceptors (Lipinski definition) is 5. The first kappa shape index (κ1) is 23.2. The Bertz CT molecular complexity index is 1040. The third-order valence-electron chi connectivity index (χ3n) is 6.59. The molecule has 2 aromatic rings. The van der Waals surface area contributed by atoms with Gasteiger partial charge >= 0.3 is 0 Å². The summed E-state index contributed by atoms with van der Waals surface area (Å²) >= 11 is 0. The van der Waals surface area contributed by atoms with Gasteiger partial charge in [0, 0.05) is 61.9 Å². The molecule has 0 bridgehead atoms. The summed E-state index contributed by atoms with van der Waals surface area (Å²) in [5.74, 6) is 0.676. The van der Waals surface area contributed by atoms with Gasteiger partial charge in [-0.2, -0.15) is 0 Å². The summed E-state index contributed by atoms with van der Waals surface area (Å²) in [5.41, 5.74) is 3.71. The first-order chi connectivity index (χ1) is 16.1. The van der Waals surface area contributed by atoms with E-state index in [0.29, 0.717) is 24.7 Å². The van der Waals surface area contributed by atoms with E-state index in [1.165, 1.54) is 12.8 Å². The molecule has 2 aromatic heterocycles.